The van der Waals surface area contributed by atoms with E-state index in [-0.39, 0.29) is 0 Å². The van der Waals surface area contributed by atoms with E-state index >= 15 is 0 Å². The van der Waals surface area contributed by atoms with E-state index in [9.17, 15) is 0 Å². The fraction of sp³-hybridized carbons (Fsp3) is 0.400. The number of aryl methyl sites for hydroxylation is 1. The normalized spacial score (nSPS) is 10.8. The Labute approximate surface area is 119 Å². The average Bonchev–Trinajstić information content (AvgIpc) is 2.92. The topological polar surface area (TPSA) is 59.2 Å². The number of imidazole rings is 1. The number of nitrogens with zero attached hydrogens (tertiary/aromatic N) is 1. The highest BCUT2D eigenvalue weighted by atomic mass is 16.5. The van der Waals surface area contributed by atoms with E-state index in [0.717, 1.165) is 29.4 Å². The van der Waals surface area contributed by atoms with Crippen LogP contribution in [0.4, 0.5) is 0 Å². The molecule has 2 N–H and O–H groups in total. The van der Waals surface area contributed by atoms with Crippen molar-refractivity contribution in [2.45, 2.75) is 13.5 Å². The third-order valence-corrected chi connectivity index (χ3v) is 3.05. The number of benzene rings is 1. The highest BCUT2D eigenvalue weighted by Gasteiger charge is 2.09. The summed E-state index contributed by atoms with van der Waals surface area (Å²) in [5.41, 5.74) is 3.19. The molecule has 0 aliphatic carbocycles. The van der Waals surface area contributed by atoms with E-state index in [0.29, 0.717) is 13.2 Å². The zero-order valence-corrected chi connectivity index (χ0v) is 12.2. The fourth-order valence-electron chi connectivity index (χ4n) is 2.00. The molecular weight excluding hydrogens is 254 g/mol. The summed E-state index contributed by atoms with van der Waals surface area (Å²) >= 11 is 0. The van der Waals surface area contributed by atoms with Crippen LogP contribution in [0.5, 0.6) is 5.75 Å². The predicted molar refractivity (Wildman–Crippen MR) is 78.9 cm³/mol. The summed E-state index contributed by atoms with van der Waals surface area (Å²) in [6.07, 6.45) is 1.84. The van der Waals surface area contributed by atoms with Crippen LogP contribution < -0.4 is 10.1 Å². The van der Waals surface area contributed by atoms with Crippen molar-refractivity contribution in [1.82, 2.24) is 15.3 Å². The van der Waals surface area contributed by atoms with E-state index < -0.39 is 0 Å². The first kappa shape index (κ1) is 14.6. The van der Waals surface area contributed by atoms with Crippen molar-refractivity contribution in [3.63, 3.8) is 0 Å². The predicted octanol–water partition coefficient (Wildman–Crippen LogP) is 2.13. The third kappa shape index (κ3) is 3.59. The van der Waals surface area contributed by atoms with Crippen molar-refractivity contribution in [2.75, 3.05) is 27.4 Å². The van der Waals surface area contributed by atoms with Gasteiger partial charge < -0.3 is 19.8 Å². The lowest BCUT2D eigenvalue weighted by Gasteiger charge is -2.07. The highest BCUT2D eigenvalue weighted by molar-refractivity contribution is 5.67. The molecule has 0 unspecified atom stereocenters. The minimum Gasteiger partial charge on any atom is -0.496 e. The summed E-state index contributed by atoms with van der Waals surface area (Å²) in [6, 6.07) is 6.10. The van der Waals surface area contributed by atoms with Crippen LogP contribution in [0, 0.1) is 6.92 Å². The van der Waals surface area contributed by atoms with Crippen LogP contribution in [0.3, 0.4) is 0 Å². The molecule has 20 heavy (non-hydrogen) atoms. The zero-order valence-electron chi connectivity index (χ0n) is 12.2. The second kappa shape index (κ2) is 7.07. The van der Waals surface area contributed by atoms with Crippen molar-refractivity contribution in [3.05, 3.63) is 35.8 Å². The third-order valence-electron chi connectivity index (χ3n) is 3.05. The number of H-pyrrole nitrogens is 1. The first-order valence-electron chi connectivity index (χ1n) is 6.63. The van der Waals surface area contributed by atoms with Crippen LogP contribution in [0.2, 0.25) is 0 Å². The minimum atomic E-state index is 0.692. The molecule has 108 valence electrons. The van der Waals surface area contributed by atoms with E-state index in [2.05, 4.69) is 28.3 Å². The molecule has 0 spiro atoms. The molecule has 1 aromatic carbocycles. The van der Waals surface area contributed by atoms with Gasteiger partial charge in [0.05, 0.1) is 32.2 Å². The maximum atomic E-state index is 5.40. The molecule has 0 saturated carbocycles. The minimum absolute atomic E-state index is 0.692. The SMILES string of the molecule is COCCNCc1ncc(-c2cc(C)ccc2OC)[nH]1. The van der Waals surface area contributed by atoms with Gasteiger partial charge in [0, 0.05) is 19.2 Å². The molecule has 0 bridgehead atoms. The molecule has 2 aromatic rings. The van der Waals surface area contributed by atoms with Gasteiger partial charge in [0.1, 0.15) is 11.6 Å². The molecular formula is C15H21N3O2. The summed E-state index contributed by atoms with van der Waals surface area (Å²) in [6.45, 7) is 4.25. The summed E-state index contributed by atoms with van der Waals surface area (Å²) in [5, 5.41) is 3.26. The molecule has 1 heterocycles. The summed E-state index contributed by atoms with van der Waals surface area (Å²) in [5.74, 6) is 1.75. The number of nitrogens with one attached hydrogen (secondary N) is 2. The van der Waals surface area contributed by atoms with Gasteiger partial charge in [0.15, 0.2) is 0 Å². The van der Waals surface area contributed by atoms with Gasteiger partial charge in [-0.2, -0.15) is 0 Å². The largest absolute Gasteiger partial charge is 0.496 e. The standard InChI is InChI=1S/C15H21N3O2/c1-11-4-5-14(20-3)12(8-11)13-9-17-15(18-13)10-16-6-7-19-2/h4-5,8-9,16H,6-7,10H2,1-3H3,(H,17,18). The molecule has 0 radical (unpaired) electrons. The molecule has 0 atom stereocenters. The molecule has 5 heteroatoms. The van der Waals surface area contributed by atoms with Crippen molar-refractivity contribution in [3.8, 4) is 17.0 Å². The van der Waals surface area contributed by atoms with Gasteiger partial charge in [-0.05, 0) is 19.1 Å². The van der Waals surface area contributed by atoms with Gasteiger partial charge in [-0.15, -0.1) is 0 Å². The van der Waals surface area contributed by atoms with Crippen molar-refractivity contribution in [1.29, 1.82) is 0 Å². The van der Waals surface area contributed by atoms with Crippen LogP contribution in [0.25, 0.3) is 11.3 Å². The number of rotatable bonds is 7. The molecule has 0 saturated heterocycles. The van der Waals surface area contributed by atoms with Crippen molar-refractivity contribution in [2.24, 2.45) is 0 Å². The van der Waals surface area contributed by atoms with Crippen LogP contribution in [-0.2, 0) is 11.3 Å². The number of ether oxygens (including phenoxy) is 2. The molecule has 5 nitrogen and oxygen atoms in total. The van der Waals surface area contributed by atoms with Gasteiger partial charge in [0.2, 0.25) is 0 Å². The molecule has 0 aliphatic heterocycles. The van der Waals surface area contributed by atoms with Crippen LogP contribution in [-0.4, -0.2) is 37.3 Å². The lowest BCUT2D eigenvalue weighted by atomic mass is 10.1. The second-order valence-corrected chi connectivity index (χ2v) is 4.62. The zero-order chi connectivity index (χ0) is 14.4. The Bertz CT molecular complexity index is 552. The lowest BCUT2D eigenvalue weighted by Crippen LogP contribution is -2.19. The Morgan fingerprint density at radius 2 is 2.15 bits per heavy atom. The van der Waals surface area contributed by atoms with Gasteiger partial charge in [-0.25, -0.2) is 4.98 Å². The Hall–Kier alpha value is -1.85. The molecule has 0 fully saturated rings. The fourth-order valence-corrected chi connectivity index (χ4v) is 2.00. The van der Waals surface area contributed by atoms with E-state index in [1.165, 1.54) is 5.56 Å². The van der Waals surface area contributed by atoms with Gasteiger partial charge in [-0.3, -0.25) is 0 Å². The van der Waals surface area contributed by atoms with Gasteiger partial charge in [0.25, 0.3) is 0 Å². The van der Waals surface area contributed by atoms with Crippen molar-refractivity contribution >= 4 is 0 Å². The maximum Gasteiger partial charge on any atom is 0.128 e. The quantitative estimate of drug-likeness (QED) is 0.760. The Balaban J connectivity index is 2.10. The van der Waals surface area contributed by atoms with Crippen LogP contribution in [0.15, 0.2) is 24.4 Å². The molecule has 0 aliphatic rings. The number of aromatic amines is 1. The van der Waals surface area contributed by atoms with Crippen LogP contribution >= 0.6 is 0 Å². The number of aromatic nitrogens is 2. The summed E-state index contributed by atoms with van der Waals surface area (Å²) in [4.78, 5) is 7.69. The Morgan fingerprint density at radius 3 is 2.90 bits per heavy atom. The van der Waals surface area contributed by atoms with Gasteiger partial charge in [-0.1, -0.05) is 11.6 Å². The first-order valence-corrected chi connectivity index (χ1v) is 6.63. The molecule has 2 rings (SSSR count). The number of hydrogen-bond donors (Lipinski definition) is 2. The summed E-state index contributed by atoms with van der Waals surface area (Å²) < 4.78 is 10.4. The second-order valence-electron chi connectivity index (χ2n) is 4.62. The number of hydrogen-bond acceptors (Lipinski definition) is 4. The Morgan fingerprint density at radius 1 is 1.30 bits per heavy atom. The van der Waals surface area contributed by atoms with E-state index in [1.807, 2.05) is 18.3 Å². The summed E-state index contributed by atoms with van der Waals surface area (Å²) in [7, 11) is 3.37. The lowest BCUT2D eigenvalue weighted by molar-refractivity contribution is 0.199. The van der Waals surface area contributed by atoms with Crippen molar-refractivity contribution < 1.29 is 9.47 Å². The van der Waals surface area contributed by atoms with E-state index in [1.54, 1.807) is 14.2 Å². The first-order chi connectivity index (χ1) is 9.74. The smallest absolute Gasteiger partial charge is 0.128 e. The van der Waals surface area contributed by atoms with Gasteiger partial charge >= 0.3 is 0 Å². The highest BCUT2D eigenvalue weighted by Crippen LogP contribution is 2.29. The van der Waals surface area contributed by atoms with Crippen LogP contribution in [0.1, 0.15) is 11.4 Å². The molecule has 0 amide bonds. The maximum absolute atomic E-state index is 5.40. The number of methoxy groups -OCH3 is 2. The van der Waals surface area contributed by atoms with E-state index in [4.69, 9.17) is 9.47 Å². The Kier molecular flexibility index (Phi) is 5.15. The molecule has 1 aromatic heterocycles. The average molecular weight is 275 g/mol. The monoisotopic (exact) mass is 275 g/mol.